The zero-order valence-electron chi connectivity index (χ0n) is 17.1. The molecule has 2 aromatic carbocycles. The van der Waals surface area contributed by atoms with Crippen molar-refractivity contribution in [1.82, 2.24) is 0 Å². The Bertz CT molecular complexity index is 1250. The Labute approximate surface area is 179 Å². The zero-order valence-corrected chi connectivity index (χ0v) is 17.1. The van der Waals surface area contributed by atoms with Crippen molar-refractivity contribution in [2.45, 2.75) is 26.0 Å². The van der Waals surface area contributed by atoms with Crippen LogP contribution in [0.2, 0.25) is 0 Å². The molecule has 0 saturated heterocycles. The number of aliphatic hydroxyl groups excluding tert-OH is 1. The third kappa shape index (κ3) is 4.39. The first kappa shape index (κ1) is 20.5. The minimum atomic E-state index is -0.878. The number of aryl methyl sites for hydroxylation is 1. The number of nitro benzene ring substituents is 1. The second-order valence-corrected chi connectivity index (χ2v) is 7.49. The van der Waals surface area contributed by atoms with Crippen LogP contribution in [0.1, 0.15) is 23.3 Å². The molecule has 0 spiro atoms. The van der Waals surface area contributed by atoms with Crippen molar-refractivity contribution in [1.29, 1.82) is 0 Å². The van der Waals surface area contributed by atoms with Gasteiger partial charge in [0.05, 0.1) is 17.2 Å². The van der Waals surface area contributed by atoms with E-state index in [1.54, 1.807) is 12.1 Å². The van der Waals surface area contributed by atoms with Gasteiger partial charge in [0, 0.05) is 17.5 Å². The first-order chi connectivity index (χ1) is 14.9. The summed E-state index contributed by atoms with van der Waals surface area (Å²) < 4.78 is 5.66. The molecule has 1 heterocycles. The standard InChI is InChI=1S/C25H22N2O4/c1-3-4-18-12-22(19-7-10-24-20(14-19)11-16(2)31-24)25(28)23(13-18)26-15-17-5-8-21(9-6-17)27(29)30/h3,5-14,25,28H,1,4,15H2,2H3. The van der Waals surface area contributed by atoms with Gasteiger partial charge in [0.2, 0.25) is 0 Å². The Morgan fingerprint density at radius 3 is 2.68 bits per heavy atom. The molecule has 6 heteroatoms. The van der Waals surface area contributed by atoms with Gasteiger partial charge in [0.15, 0.2) is 0 Å². The van der Waals surface area contributed by atoms with E-state index in [9.17, 15) is 15.2 Å². The maximum absolute atomic E-state index is 11.1. The van der Waals surface area contributed by atoms with E-state index in [1.165, 1.54) is 12.1 Å². The van der Waals surface area contributed by atoms with Crippen LogP contribution in [0.25, 0.3) is 16.5 Å². The molecule has 0 bridgehead atoms. The fourth-order valence-electron chi connectivity index (χ4n) is 3.67. The van der Waals surface area contributed by atoms with Crippen molar-refractivity contribution >= 4 is 27.9 Å². The van der Waals surface area contributed by atoms with Gasteiger partial charge in [0.25, 0.3) is 5.69 Å². The number of non-ortho nitro benzene ring substituents is 1. The minimum Gasteiger partial charge on any atom is -0.461 e. The Balaban J connectivity index is 1.65. The number of nitro groups is 1. The summed E-state index contributed by atoms with van der Waals surface area (Å²) >= 11 is 0. The molecule has 0 aliphatic heterocycles. The summed E-state index contributed by atoms with van der Waals surface area (Å²) in [4.78, 5) is 15.0. The number of nitrogens with zero attached hydrogens (tertiary/aromatic N) is 2. The summed E-state index contributed by atoms with van der Waals surface area (Å²) in [5, 5.41) is 22.9. The molecule has 31 heavy (non-hydrogen) atoms. The highest BCUT2D eigenvalue weighted by atomic mass is 16.6. The molecule has 1 N–H and O–H groups in total. The predicted octanol–water partition coefficient (Wildman–Crippen LogP) is 5.55. The van der Waals surface area contributed by atoms with Gasteiger partial charge < -0.3 is 9.52 Å². The minimum absolute atomic E-state index is 0.0392. The molecule has 1 aromatic heterocycles. The Hall–Kier alpha value is -3.77. The molecule has 1 unspecified atom stereocenters. The fraction of sp³-hybridized carbons (Fsp3) is 0.160. The van der Waals surface area contributed by atoms with Crippen LogP contribution in [0.5, 0.6) is 0 Å². The number of rotatable bonds is 6. The zero-order chi connectivity index (χ0) is 22.0. The van der Waals surface area contributed by atoms with E-state index in [4.69, 9.17) is 4.42 Å². The number of allylic oxidation sites excluding steroid dienone is 3. The fourth-order valence-corrected chi connectivity index (χ4v) is 3.67. The molecule has 0 saturated carbocycles. The number of benzene rings is 2. The Morgan fingerprint density at radius 1 is 1.19 bits per heavy atom. The average Bonchev–Trinajstić information content (AvgIpc) is 3.13. The molecule has 0 fully saturated rings. The first-order valence-corrected chi connectivity index (χ1v) is 9.94. The summed E-state index contributed by atoms with van der Waals surface area (Å²) in [6.45, 7) is 6.04. The van der Waals surface area contributed by atoms with Crippen LogP contribution in [0.15, 0.2) is 88.3 Å². The molecule has 6 nitrogen and oxygen atoms in total. The Morgan fingerprint density at radius 2 is 1.97 bits per heavy atom. The monoisotopic (exact) mass is 414 g/mol. The normalized spacial score (nSPS) is 17.5. The van der Waals surface area contributed by atoms with E-state index >= 15 is 0 Å². The smallest absolute Gasteiger partial charge is 0.269 e. The molecule has 156 valence electrons. The van der Waals surface area contributed by atoms with Gasteiger partial charge in [-0.05, 0) is 59.9 Å². The van der Waals surface area contributed by atoms with E-state index < -0.39 is 11.0 Å². The molecule has 3 aromatic rings. The van der Waals surface area contributed by atoms with Gasteiger partial charge in [-0.25, -0.2) is 0 Å². The van der Waals surface area contributed by atoms with E-state index in [2.05, 4.69) is 11.6 Å². The van der Waals surface area contributed by atoms with Crippen LogP contribution in [-0.2, 0) is 6.54 Å². The third-order valence-electron chi connectivity index (χ3n) is 5.19. The predicted molar refractivity (Wildman–Crippen MR) is 122 cm³/mol. The van der Waals surface area contributed by atoms with Crippen LogP contribution >= 0.6 is 0 Å². The number of furan rings is 1. The topological polar surface area (TPSA) is 88.9 Å². The summed E-state index contributed by atoms with van der Waals surface area (Å²) in [5.41, 5.74) is 4.90. The van der Waals surface area contributed by atoms with Gasteiger partial charge in [-0.3, -0.25) is 15.1 Å². The van der Waals surface area contributed by atoms with Gasteiger partial charge in [-0.2, -0.15) is 0 Å². The maximum Gasteiger partial charge on any atom is 0.269 e. The largest absolute Gasteiger partial charge is 0.461 e. The van der Waals surface area contributed by atoms with E-state index in [-0.39, 0.29) is 5.69 Å². The highest BCUT2D eigenvalue weighted by Gasteiger charge is 2.23. The number of aliphatic hydroxyl groups is 1. The van der Waals surface area contributed by atoms with Crippen molar-refractivity contribution in [2.24, 2.45) is 4.99 Å². The van der Waals surface area contributed by atoms with E-state index in [0.29, 0.717) is 18.7 Å². The number of fused-ring (bicyclic) bond motifs is 1. The first-order valence-electron chi connectivity index (χ1n) is 9.94. The lowest BCUT2D eigenvalue weighted by molar-refractivity contribution is -0.384. The van der Waals surface area contributed by atoms with Gasteiger partial charge in [-0.1, -0.05) is 30.4 Å². The lowest BCUT2D eigenvalue weighted by Crippen LogP contribution is -2.24. The van der Waals surface area contributed by atoms with Gasteiger partial charge >= 0.3 is 0 Å². The molecule has 4 rings (SSSR count). The number of aliphatic imine (C=N–C) groups is 1. The van der Waals surface area contributed by atoms with Crippen molar-refractivity contribution in [2.75, 3.05) is 0 Å². The third-order valence-corrected chi connectivity index (χ3v) is 5.19. The van der Waals surface area contributed by atoms with Crippen LogP contribution in [-0.4, -0.2) is 21.8 Å². The maximum atomic E-state index is 11.1. The van der Waals surface area contributed by atoms with Crippen molar-refractivity contribution in [3.63, 3.8) is 0 Å². The summed E-state index contributed by atoms with van der Waals surface area (Å²) in [5.74, 6) is 0.836. The molecule has 1 aliphatic carbocycles. The second kappa shape index (κ2) is 8.53. The van der Waals surface area contributed by atoms with E-state index in [0.717, 1.165) is 39.0 Å². The van der Waals surface area contributed by atoms with Crippen molar-refractivity contribution < 1.29 is 14.4 Å². The van der Waals surface area contributed by atoms with Crippen LogP contribution in [0.3, 0.4) is 0 Å². The van der Waals surface area contributed by atoms with Crippen LogP contribution in [0.4, 0.5) is 5.69 Å². The van der Waals surface area contributed by atoms with Crippen molar-refractivity contribution in [3.05, 3.63) is 106 Å². The van der Waals surface area contributed by atoms with Gasteiger partial charge in [-0.15, -0.1) is 6.58 Å². The lowest BCUT2D eigenvalue weighted by Gasteiger charge is -2.22. The lowest BCUT2D eigenvalue weighted by atomic mass is 9.88. The van der Waals surface area contributed by atoms with E-state index in [1.807, 2.05) is 49.4 Å². The number of hydrogen-bond acceptors (Lipinski definition) is 5. The summed E-state index contributed by atoms with van der Waals surface area (Å²) in [7, 11) is 0. The Kier molecular flexibility index (Phi) is 5.64. The highest BCUT2D eigenvalue weighted by molar-refractivity contribution is 6.09. The van der Waals surface area contributed by atoms with Crippen molar-refractivity contribution in [3.8, 4) is 0 Å². The average molecular weight is 414 g/mol. The molecular formula is C25H22N2O4. The SMILES string of the molecule is C=CCC1=CC(=NCc2ccc([N+](=O)[O-])cc2)C(O)C(c2ccc3oc(C)cc3c2)=C1. The molecular weight excluding hydrogens is 392 g/mol. The quantitative estimate of drug-likeness (QED) is 0.325. The molecule has 0 radical (unpaired) electrons. The van der Waals surface area contributed by atoms with Crippen LogP contribution < -0.4 is 0 Å². The number of hydrogen-bond donors (Lipinski definition) is 1. The summed E-state index contributed by atoms with van der Waals surface area (Å²) in [6, 6.07) is 14.1. The molecule has 1 atom stereocenters. The van der Waals surface area contributed by atoms with Crippen LogP contribution in [0, 0.1) is 17.0 Å². The summed E-state index contributed by atoms with van der Waals surface area (Å²) in [6.07, 6.45) is 5.44. The highest BCUT2D eigenvalue weighted by Crippen LogP contribution is 2.31. The van der Waals surface area contributed by atoms with Gasteiger partial charge in [0.1, 0.15) is 17.4 Å². The molecule has 1 aliphatic rings. The second-order valence-electron chi connectivity index (χ2n) is 7.49. The molecule has 0 amide bonds.